The summed E-state index contributed by atoms with van der Waals surface area (Å²) in [6.07, 6.45) is 0. The molecule has 1 aliphatic heterocycles. The van der Waals surface area contributed by atoms with E-state index in [1.54, 1.807) is 0 Å². The number of carbonyl (C=O) groups is 2. The molecule has 0 unspecified atom stereocenters. The lowest BCUT2D eigenvalue weighted by Gasteiger charge is -2.20. The van der Waals surface area contributed by atoms with Crippen LogP contribution in [0.5, 0.6) is 11.5 Å². The second kappa shape index (κ2) is 8.90. The zero-order chi connectivity index (χ0) is 21.9. The van der Waals surface area contributed by atoms with Crippen molar-refractivity contribution >= 4 is 44.8 Å². The van der Waals surface area contributed by atoms with Crippen LogP contribution < -0.4 is 24.8 Å². The summed E-state index contributed by atoms with van der Waals surface area (Å²) >= 11 is 6.17. The standard InChI is InChI=1S/C19H20ClN3O6S/c1-11(23-30(26,27)14-5-3-13(4-6-14)21-12(2)24)19(25)22-16-10-18-17(9-15(16)20)28-7-8-29-18/h3-6,9-11,23H,7-8H2,1-2H3,(H,21,24)(H,22,25)/t11-/m0/s1. The lowest BCUT2D eigenvalue weighted by Crippen LogP contribution is -2.41. The van der Waals surface area contributed by atoms with Crippen LogP contribution in [0, 0.1) is 0 Å². The van der Waals surface area contributed by atoms with Gasteiger partial charge in [-0.15, -0.1) is 0 Å². The molecule has 2 aromatic rings. The molecule has 0 spiro atoms. The minimum atomic E-state index is -3.97. The van der Waals surface area contributed by atoms with Gasteiger partial charge in [-0.25, -0.2) is 8.42 Å². The number of hydrogen-bond donors (Lipinski definition) is 3. The highest BCUT2D eigenvalue weighted by molar-refractivity contribution is 7.89. The van der Waals surface area contributed by atoms with Crippen LogP contribution in [-0.4, -0.2) is 39.5 Å². The predicted molar refractivity (Wildman–Crippen MR) is 112 cm³/mol. The van der Waals surface area contributed by atoms with E-state index < -0.39 is 22.0 Å². The normalized spacial score (nSPS) is 14.0. The number of ether oxygens (including phenoxy) is 2. The van der Waals surface area contributed by atoms with E-state index in [-0.39, 0.29) is 21.5 Å². The summed E-state index contributed by atoms with van der Waals surface area (Å²) in [5, 5.41) is 5.36. The molecule has 1 aliphatic rings. The Labute approximate surface area is 178 Å². The van der Waals surface area contributed by atoms with E-state index >= 15 is 0 Å². The van der Waals surface area contributed by atoms with Gasteiger partial charge in [0.2, 0.25) is 21.8 Å². The first-order valence-corrected chi connectivity index (χ1v) is 10.8. The van der Waals surface area contributed by atoms with E-state index in [9.17, 15) is 18.0 Å². The molecule has 0 radical (unpaired) electrons. The molecule has 1 atom stereocenters. The predicted octanol–water partition coefficient (Wildman–Crippen LogP) is 2.38. The number of carbonyl (C=O) groups excluding carboxylic acids is 2. The summed E-state index contributed by atoms with van der Waals surface area (Å²) in [5.41, 5.74) is 0.733. The number of benzene rings is 2. The van der Waals surface area contributed by atoms with Crippen molar-refractivity contribution in [3.05, 3.63) is 41.4 Å². The zero-order valence-corrected chi connectivity index (χ0v) is 17.8. The van der Waals surface area contributed by atoms with Gasteiger partial charge in [-0.3, -0.25) is 9.59 Å². The molecule has 30 heavy (non-hydrogen) atoms. The third-order valence-corrected chi connectivity index (χ3v) is 5.97. The lowest BCUT2D eigenvalue weighted by molar-refractivity contribution is -0.117. The SMILES string of the molecule is CC(=O)Nc1ccc(S(=O)(=O)N[C@@H](C)C(=O)Nc2cc3c(cc2Cl)OCCO3)cc1. The van der Waals surface area contributed by atoms with E-state index in [0.29, 0.717) is 30.4 Å². The number of hydrogen-bond acceptors (Lipinski definition) is 6. The summed E-state index contributed by atoms with van der Waals surface area (Å²) < 4.78 is 38.3. The molecule has 11 heteroatoms. The Balaban J connectivity index is 1.68. The molecule has 0 bridgehead atoms. The fourth-order valence-corrected chi connectivity index (χ4v) is 4.08. The fraction of sp³-hybridized carbons (Fsp3) is 0.263. The van der Waals surface area contributed by atoms with Crippen LogP contribution in [0.4, 0.5) is 11.4 Å². The average molecular weight is 454 g/mol. The Kier molecular flexibility index (Phi) is 6.49. The summed E-state index contributed by atoms with van der Waals surface area (Å²) in [6, 6.07) is 7.53. The average Bonchev–Trinajstić information content (AvgIpc) is 2.68. The molecule has 3 N–H and O–H groups in total. The Morgan fingerprint density at radius 3 is 2.23 bits per heavy atom. The van der Waals surface area contributed by atoms with Gasteiger partial charge in [0.25, 0.3) is 0 Å². The van der Waals surface area contributed by atoms with Gasteiger partial charge in [-0.1, -0.05) is 11.6 Å². The van der Waals surface area contributed by atoms with Crippen LogP contribution in [0.15, 0.2) is 41.3 Å². The largest absolute Gasteiger partial charge is 0.486 e. The third-order valence-electron chi connectivity index (χ3n) is 4.10. The maximum atomic E-state index is 12.6. The maximum Gasteiger partial charge on any atom is 0.242 e. The monoisotopic (exact) mass is 453 g/mol. The van der Waals surface area contributed by atoms with Crippen molar-refractivity contribution in [1.29, 1.82) is 0 Å². The highest BCUT2D eigenvalue weighted by atomic mass is 35.5. The molecular weight excluding hydrogens is 434 g/mol. The van der Waals surface area contributed by atoms with Gasteiger partial charge in [-0.2, -0.15) is 4.72 Å². The van der Waals surface area contributed by atoms with E-state index in [2.05, 4.69) is 15.4 Å². The summed E-state index contributed by atoms with van der Waals surface area (Å²) in [4.78, 5) is 23.5. The molecule has 3 rings (SSSR count). The van der Waals surface area contributed by atoms with Crippen LogP contribution in [0.25, 0.3) is 0 Å². The number of anilines is 2. The first kappa shape index (κ1) is 21.9. The second-order valence-electron chi connectivity index (χ2n) is 6.51. The Morgan fingerprint density at radius 1 is 1.03 bits per heavy atom. The highest BCUT2D eigenvalue weighted by Gasteiger charge is 2.24. The summed E-state index contributed by atoms with van der Waals surface area (Å²) in [5.74, 6) is 0.0352. The van der Waals surface area contributed by atoms with Crippen LogP contribution in [0.1, 0.15) is 13.8 Å². The van der Waals surface area contributed by atoms with Gasteiger partial charge in [0, 0.05) is 24.7 Å². The van der Waals surface area contributed by atoms with Crippen molar-refractivity contribution in [2.24, 2.45) is 0 Å². The summed E-state index contributed by atoms with van der Waals surface area (Å²) in [6.45, 7) is 3.53. The van der Waals surface area contributed by atoms with Crippen LogP contribution in [-0.2, 0) is 19.6 Å². The number of nitrogens with one attached hydrogen (secondary N) is 3. The number of rotatable bonds is 6. The number of amides is 2. The molecule has 160 valence electrons. The Bertz CT molecular complexity index is 1070. The van der Waals surface area contributed by atoms with Crippen molar-refractivity contribution in [2.75, 3.05) is 23.8 Å². The van der Waals surface area contributed by atoms with Crippen molar-refractivity contribution in [3.8, 4) is 11.5 Å². The summed E-state index contributed by atoms with van der Waals surface area (Å²) in [7, 11) is -3.97. The topological polar surface area (TPSA) is 123 Å². The molecular formula is C19H20ClN3O6S. The molecule has 2 amide bonds. The van der Waals surface area contributed by atoms with Gasteiger partial charge in [-0.05, 0) is 31.2 Å². The second-order valence-corrected chi connectivity index (χ2v) is 8.63. The van der Waals surface area contributed by atoms with Crippen molar-refractivity contribution in [1.82, 2.24) is 4.72 Å². The molecule has 0 aromatic heterocycles. The Morgan fingerprint density at radius 2 is 1.63 bits per heavy atom. The first-order chi connectivity index (χ1) is 14.2. The van der Waals surface area contributed by atoms with Gasteiger partial charge in [0.1, 0.15) is 13.2 Å². The smallest absolute Gasteiger partial charge is 0.242 e. The quantitative estimate of drug-likeness (QED) is 0.617. The highest BCUT2D eigenvalue weighted by Crippen LogP contribution is 2.38. The first-order valence-electron chi connectivity index (χ1n) is 8.96. The molecule has 2 aromatic carbocycles. The zero-order valence-electron chi connectivity index (χ0n) is 16.2. The third kappa shape index (κ3) is 5.21. The van der Waals surface area contributed by atoms with Crippen molar-refractivity contribution in [3.63, 3.8) is 0 Å². The van der Waals surface area contributed by atoms with Crippen molar-refractivity contribution in [2.45, 2.75) is 24.8 Å². The van der Waals surface area contributed by atoms with E-state index in [0.717, 1.165) is 0 Å². The Hall–Kier alpha value is -2.82. The molecule has 0 saturated heterocycles. The van der Waals surface area contributed by atoms with Crippen LogP contribution in [0.3, 0.4) is 0 Å². The molecule has 9 nitrogen and oxygen atoms in total. The van der Waals surface area contributed by atoms with Crippen LogP contribution >= 0.6 is 11.6 Å². The fourth-order valence-electron chi connectivity index (χ4n) is 2.68. The number of sulfonamides is 1. The molecule has 1 heterocycles. The lowest BCUT2D eigenvalue weighted by atomic mass is 10.2. The van der Waals surface area contributed by atoms with Gasteiger partial charge in [0.05, 0.1) is 21.6 Å². The van der Waals surface area contributed by atoms with E-state index in [1.807, 2.05) is 0 Å². The maximum absolute atomic E-state index is 12.6. The minimum absolute atomic E-state index is 0.0476. The van der Waals surface area contributed by atoms with Gasteiger partial charge in [0.15, 0.2) is 11.5 Å². The molecule has 0 fully saturated rings. The van der Waals surface area contributed by atoms with E-state index in [4.69, 9.17) is 21.1 Å². The molecule has 0 aliphatic carbocycles. The number of fused-ring (bicyclic) bond motifs is 1. The van der Waals surface area contributed by atoms with Gasteiger partial charge >= 0.3 is 0 Å². The number of halogens is 1. The van der Waals surface area contributed by atoms with Crippen molar-refractivity contribution < 1.29 is 27.5 Å². The van der Waals surface area contributed by atoms with Gasteiger partial charge < -0.3 is 20.1 Å². The van der Waals surface area contributed by atoms with Crippen LogP contribution in [0.2, 0.25) is 5.02 Å². The minimum Gasteiger partial charge on any atom is -0.486 e. The van der Waals surface area contributed by atoms with E-state index in [1.165, 1.54) is 50.2 Å². The molecule has 0 saturated carbocycles.